The van der Waals surface area contributed by atoms with Crippen molar-refractivity contribution in [3.05, 3.63) is 24.3 Å². The van der Waals surface area contributed by atoms with E-state index >= 15 is 0 Å². The number of hydrogen-bond acceptors (Lipinski definition) is 4. The van der Waals surface area contributed by atoms with Crippen LogP contribution in [-0.2, 0) is 4.79 Å². The SMILES string of the molecule is COc1ccccc1NC(=O)CNCC1CCCCN1C. The summed E-state index contributed by atoms with van der Waals surface area (Å²) in [6.45, 7) is 2.33. The maximum absolute atomic E-state index is 12.0. The van der Waals surface area contributed by atoms with E-state index < -0.39 is 0 Å². The Bertz CT molecular complexity index is 465. The summed E-state index contributed by atoms with van der Waals surface area (Å²) < 4.78 is 5.22. The number of hydrogen-bond donors (Lipinski definition) is 2. The number of ether oxygens (including phenoxy) is 1. The third-order valence-electron chi connectivity index (χ3n) is 3.97. The van der Waals surface area contributed by atoms with Gasteiger partial charge in [0.15, 0.2) is 0 Å². The number of carbonyl (C=O) groups is 1. The van der Waals surface area contributed by atoms with Gasteiger partial charge in [-0.15, -0.1) is 0 Å². The fraction of sp³-hybridized carbons (Fsp3) is 0.562. The maximum atomic E-state index is 12.0. The Kier molecular flexibility index (Phi) is 6.02. The Labute approximate surface area is 126 Å². The van der Waals surface area contributed by atoms with Crippen LogP contribution < -0.4 is 15.4 Å². The van der Waals surface area contributed by atoms with Gasteiger partial charge in [-0.25, -0.2) is 0 Å². The Morgan fingerprint density at radius 2 is 2.19 bits per heavy atom. The van der Waals surface area contributed by atoms with Crippen molar-refractivity contribution in [3.8, 4) is 5.75 Å². The summed E-state index contributed by atoms with van der Waals surface area (Å²) in [5, 5.41) is 6.12. The number of para-hydroxylation sites is 2. The number of benzene rings is 1. The van der Waals surface area contributed by atoms with Crippen LogP contribution in [0.25, 0.3) is 0 Å². The van der Waals surface area contributed by atoms with Gasteiger partial charge in [0.05, 0.1) is 19.3 Å². The number of likely N-dealkylation sites (tertiary alicyclic amines) is 1. The molecule has 5 nitrogen and oxygen atoms in total. The van der Waals surface area contributed by atoms with Gasteiger partial charge in [-0.1, -0.05) is 18.6 Å². The minimum absolute atomic E-state index is 0.0436. The molecule has 2 N–H and O–H groups in total. The van der Waals surface area contributed by atoms with Gasteiger partial charge in [0.2, 0.25) is 5.91 Å². The van der Waals surface area contributed by atoms with Crippen molar-refractivity contribution < 1.29 is 9.53 Å². The molecule has 2 rings (SSSR count). The number of amides is 1. The third-order valence-corrected chi connectivity index (χ3v) is 3.97. The number of methoxy groups -OCH3 is 1. The minimum Gasteiger partial charge on any atom is -0.495 e. The zero-order chi connectivity index (χ0) is 15.1. The van der Waals surface area contributed by atoms with Crippen molar-refractivity contribution >= 4 is 11.6 Å². The van der Waals surface area contributed by atoms with E-state index in [4.69, 9.17) is 4.74 Å². The Morgan fingerprint density at radius 1 is 1.38 bits per heavy atom. The minimum atomic E-state index is -0.0436. The fourth-order valence-electron chi connectivity index (χ4n) is 2.70. The van der Waals surface area contributed by atoms with Crippen molar-refractivity contribution in [1.29, 1.82) is 0 Å². The van der Waals surface area contributed by atoms with Gasteiger partial charge in [-0.2, -0.15) is 0 Å². The van der Waals surface area contributed by atoms with Crippen LogP contribution in [0.2, 0.25) is 0 Å². The number of nitrogens with zero attached hydrogens (tertiary/aromatic N) is 1. The topological polar surface area (TPSA) is 53.6 Å². The lowest BCUT2D eigenvalue weighted by atomic mass is 10.0. The highest BCUT2D eigenvalue weighted by molar-refractivity contribution is 5.93. The Morgan fingerprint density at radius 3 is 2.95 bits per heavy atom. The first kappa shape index (κ1) is 15.8. The molecule has 0 bridgehead atoms. The lowest BCUT2D eigenvalue weighted by Gasteiger charge is -2.32. The highest BCUT2D eigenvalue weighted by Gasteiger charge is 2.18. The average molecular weight is 291 g/mol. The summed E-state index contributed by atoms with van der Waals surface area (Å²) in [7, 11) is 3.75. The summed E-state index contributed by atoms with van der Waals surface area (Å²) >= 11 is 0. The van der Waals surface area contributed by atoms with Crippen LogP contribution in [0.4, 0.5) is 5.69 Å². The molecule has 1 aliphatic rings. The van der Waals surface area contributed by atoms with E-state index in [1.165, 1.54) is 19.3 Å². The molecule has 0 saturated carbocycles. The molecular weight excluding hydrogens is 266 g/mol. The summed E-state index contributed by atoms with van der Waals surface area (Å²) in [5.74, 6) is 0.635. The molecule has 5 heteroatoms. The van der Waals surface area contributed by atoms with Crippen molar-refractivity contribution in [1.82, 2.24) is 10.2 Å². The van der Waals surface area contributed by atoms with Gasteiger partial charge in [-0.05, 0) is 38.6 Å². The molecule has 1 fully saturated rings. The van der Waals surface area contributed by atoms with Crippen LogP contribution in [0.3, 0.4) is 0 Å². The monoisotopic (exact) mass is 291 g/mol. The smallest absolute Gasteiger partial charge is 0.238 e. The standard InChI is InChI=1S/C16H25N3O2/c1-19-10-6-5-7-13(19)11-17-12-16(20)18-14-8-3-4-9-15(14)21-2/h3-4,8-9,13,17H,5-7,10-12H2,1-2H3,(H,18,20). The second-order valence-electron chi connectivity index (χ2n) is 5.51. The molecule has 0 spiro atoms. The maximum Gasteiger partial charge on any atom is 0.238 e. The molecule has 1 aromatic rings. The van der Waals surface area contributed by atoms with E-state index in [0.717, 1.165) is 13.1 Å². The van der Waals surface area contributed by atoms with E-state index in [0.29, 0.717) is 24.0 Å². The van der Waals surface area contributed by atoms with E-state index in [-0.39, 0.29) is 5.91 Å². The van der Waals surface area contributed by atoms with Crippen LogP contribution in [0.15, 0.2) is 24.3 Å². The number of rotatable bonds is 6. The molecule has 0 aliphatic carbocycles. The summed E-state index contributed by atoms with van der Waals surface area (Å²) in [5.41, 5.74) is 0.710. The second kappa shape index (κ2) is 8.00. The van der Waals surface area contributed by atoms with Crippen LogP contribution in [0.1, 0.15) is 19.3 Å². The normalized spacial score (nSPS) is 19.2. The largest absolute Gasteiger partial charge is 0.495 e. The molecule has 1 heterocycles. The first-order valence-electron chi connectivity index (χ1n) is 7.54. The highest BCUT2D eigenvalue weighted by atomic mass is 16.5. The molecule has 1 unspecified atom stereocenters. The van der Waals surface area contributed by atoms with E-state index in [9.17, 15) is 4.79 Å². The Balaban J connectivity index is 1.74. The molecule has 1 aromatic carbocycles. The zero-order valence-corrected chi connectivity index (χ0v) is 12.9. The number of anilines is 1. The van der Waals surface area contributed by atoms with E-state index in [1.807, 2.05) is 24.3 Å². The second-order valence-corrected chi connectivity index (χ2v) is 5.51. The van der Waals surface area contributed by atoms with Crippen molar-refractivity contribution in [2.45, 2.75) is 25.3 Å². The number of piperidine rings is 1. The molecule has 1 atom stereocenters. The zero-order valence-electron chi connectivity index (χ0n) is 12.9. The number of nitrogens with one attached hydrogen (secondary N) is 2. The molecular formula is C16H25N3O2. The molecule has 1 aliphatic heterocycles. The average Bonchev–Trinajstić information content (AvgIpc) is 2.50. The molecule has 1 amide bonds. The molecule has 21 heavy (non-hydrogen) atoms. The fourth-order valence-corrected chi connectivity index (χ4v) is 2.70. The van der Waals surface area contributed by atoms with Gasteiger partial charge in [0.25, 0.3) is 0 Å². The number of carbonyl (C=O) groups excluding carboxylic acids is 1. The molecule has 1 saturated heterocycles. The first-order chi connectivity index (χ1) is 10.2. The third kappa shape index (κ3) is 4.72. The van der Waals surface area contributed by atoms with Crippen molar-refractivity contribution in [2.75, 3.05) is 39.1 Å². The predicted octanol–water partition coefficient (Wildman–Crippen LogP) is 1.71. The van der Waals surface area contributed by atoms with Crippen LogP contribution in [0, 0.1) is 0 Å². The molecule has 116 valence electrons. The van der Waals surface area contributed by atoms with Gasteiger partial charge >= 0.3 is 0 Å². The van der Waals surface area contributed by atoms with Crippen LogP contribution in [-0.4, -0.2) is 50.6 Å². The lowest BCUT2D eigenvalue weighted by Crippen LogP contribution is -2.44. The van der Waals surface area contributed by atoms with Gasteiger partial charge in [0, 0.05) is 12.6 Å². The first-order valence-corrected chi connectivity index (χ1v) is 7.54. The molecule has 0 aromatic heterocycles. The Hall–Kier alpha value is -1.59. The van der Waals surface area contributed by atoms with Crippen LogP contribution in [0.5, 0.6) is 5.75 Å². The van der Waals surface area contributed by atoms with Crippen molar-refractivity contribution in [3.63, 3.8) is 0 Å². The summed E-state index contributed by atoms with van der Waals surface area (Å²) in [6.07, 6.45) is 3.77. The predicted molar refractivity (Wildman–Crippen MR) is 84.8 cm³/mol. The van der Waals surface area contributed by atoms with Crippen LogP contribution >= 0.6 is 0 Å². The summed E-state index contributed by atoms with van der Waals surface area (Å²) in [6, 6.07) is 7.97. The van der Waals surface area contributed by atoms with Gasteiger partial charge in [0.1, 0.15) is 5.75 Å². The summed E-state index contributed by atoms with van der Waals surface area (Å²) in [4.78, 5) is 14.3. The number of likely N-dealkylation sites (N-methyl/N-ethyl adjacent to an activating group) is 1. The quantitative estimate of drug-likeness (QED) is 0.838. The van der Waals surface area contributed by atoms with E-state index in [2.05, 4.69) is 22.6 Å². The van der Waals surface area contributed by atoms with E-state index in [1.54, 1.807) is 7.11 Å². The van der Waals surface area contributed by atoms with Gasteiger partial charge < -0.3 is 20.3 Å². The van der Waals surface area contributed by atoms with Gasteiger partial charge in [-0.3, -0.25) is 4.79 Å². The van der Waals surface area contributed by atoms with Crippen molar-refractivity contribution in [2.24, 2.45) is 0 Å². The molecule has 0 radical (unpaired) electrons. The highest BCUT2D eigenvalue weighted by Crippen LogP contribution is 2.22. The lowest BCUT2D eigenvalue weighted by molar-refractivity contribution is -0.115.